The molecule has 2 aromatic carbocycles. The molecule has 0 aromatic heterocycles. The molecule has 3 amide bonds. The third kappa shape index (κ3) is 2.54. The summed E-state index contributed by atoms with van der Waals surface area (Å²) in [7, 11) is -2.80. The number of ether oxygens (including phenoxy) is 1. The van der Waals surface area contributed by atoms with Crippen molar-refractivity contribution in [3.8, 4) is 5.75 Å². The smallest absolute Gasteiger partial charge is 0.339 e. The van der Waals surface area contributed by atoms with Crippen LogP contribution >= 0.6 is 0 Å². The van der Waals surface area contributed by atoms with Crippen molar-refractivity contribution >= 4 is 22.0 Å². The van der Waals surface area contributed by atoms with Crippen molar-refractivity contribution in [2.45, 2.75) is 17.4 Å². The fraction of sp³-hybridized carbons (Fsp3) is 0.176. The quantitative estimate of drug-likeness (QED) is 0.840. The molecule has 8 heteroatoms. The van der Waals surface area contributed by atoms with Crippen molar-refractivity contribution in [1.82, 2.24) is 9.62 Å². The SMILES string of the molecule is COc1ccc(S(=O)(=O)N2C(=O)NC(=O)[C@]2(C)c2ccccc2)cc1. The Morgan fingerprint density at radius 3 is 2.16 bits per heavy atom. The van der Waals surface area contributed by atoms with Gasteiger partial charge in [-0.1, -0.05) is 30.3 Å². The Morgan fingerprint density at radius 2 is 1.60 bits per heavy atom. The molecule has 0 spiro atoms. The Balaban J connectivity index is 2.14. The number of nitrogens with zero attached hydrogens (tertiary/aromatic N) is 1. The van der Waals surface area contributed by atoms with E-state index >= 15 is 0 Å². The van der Waals surface area contributed by atoms with Gasteiger partial charge in [-0.25, -0.2) is 13.2 Å². The van der Waals surface area contributed by atoms with E-state index in [1.54, 1.807) is 30.3 Å². The van der Waals surface area contributed by atoms with Crippen molar-refractivity contribution in [2.75, 3.05) is 7.11 Å². The lowest BCUT2D eigenvalue weighted by Gasteiger charge is -2.31. The molecular formula is C17H16N2O5S. The van der Waals surface area contributed by atoms with Crippen molar-refractivity contribution in [2.24, 2.45) is 0 Å². The highest BCUT2D eigenvalue weighted by atomic mass is 32.2. The maximum absolute atomic E-state index is 13.1. The van der Waals surface area contributed by atoms with E-state index in [9.17, 15) is 18.0 Å². The summed E-state index contributed by atoms with van der Waals surface area (Å²) in [6.07, 6.45) is 0. The van der Waals surface area contributed by atoms with Crippen LogP contribution in [-0.2, 0) is 20.4 Å². The van der Waals surface area contributed by atoms with E-state index in [4.69, 9.17) is 4.74 Å². The maximum atomic E-state index is 13.1. The van der Waals surface area contributed by atoms with Crippen molar-refractivity contribution in [1.29, 1.82) is 0 Å². The molecular weight excluding hydrogens is 344 g/mol. The van der Waals surface area contributed by atoms with E-state index in [0.717, 1.165) is 0 Å². The summed E-state index contributed by atoms with van der Waals surface area (Å²) in [5.41, 5.74) is -1.27. The van der Waals surface area contributed by atoms with Crippen LogP contribution in [0.25, 0.3) is 0 Å². The molecule has 1 saturated heterocycles. The van der Waals surface area contributed by atoms with Gasteiger partial charge in [-0.2, -0.15) is 4.31 Å². The van der Waals surface area contributed by atoms with Crippen LogP contribution in [0.4, 0.5) is 4.79 Å². The van der Waals surface area contributed by atoms with Gasteiger partial charge in [-0.3, -0.25) is 10.1 Å². The standard InChI is InChI=1S/C17H16N2O5S/c1-17(12-6-4-3-5-7-12)15(20)18-16(21)19(17)25(22,23)14-10-8-13(24-2)9-11-14/h3-11H,1-2H3,(H,18,20,21)/t17-/m0/s1. The number of sulfonamides is 1. The molecule has 7 nitrogen and oxygen atoms in total. The Labute approximate surface area is 145 Å². The summed E-state index contributed by atoms with van der Waals surface area (Å²) in [5, 5.41) is 2.10. The van der Waals surface area contributed by atoms with Crippen LogP contribution in [-0.4, -0.2) is 31.8 Å². The lowest BCUT2D eigenvalue weighted by atomic mass is 9.92. The third-order valence-corrected chi connectivity index (χ3v) is 6.07. The first-order valence-electron chi connectivity index (χ1n) is 7.42. The normalized spacial score (nSPS) is 20.5. The minimum absolute atomic E-state index is 0.111. The number of hydrogen-bond acceptors (Lipinski definition) is 5. The van der Waals surface area contributed by atoms with Gasteiger partial charge in [0.25, 0.3) is 15.9 Å². The van der Waals surface area contributed by atoms with Gasteiger partial charge in [0.2, 0.25) is 0 Å². The minimum Gasteiger partial charge on any atom is -0.497 e. The number of carbonyl (C=O) groups excluding carboxylic acids is 2. The van der Waals surface area contributed by atoms with E-state index in [1.807, 2.05) is 0 Å². The van der Waals surface area contributed by atoms with E-state index < -0.39 is 27.5 Å². The summed E-state index contributed by atoms with van der Waals surface area (Å²) in [4.78, 5) is 24.6. The predicted octanol–water partition coefficient (Wildman–Crippen LogP) is 1.85. The molecule has 1 aliphatic rings. The zero-order valence-electron chi connectivity index (χ0n) is 13.6. The molecule has 0 saturated carbocycles. The Morgan fingerprint density at radius 1 is 1.00 bits per heavy atom. The first-order chi connectivity index (χ1) is 11.8. The maximum Gasteiger partial charge on any atom is 0.339 e. The Bertz CT molecular complexity index is 925. The molecule has 0 aliphatic carbocycles. The van der Waals surface area contributed by atoms with Gasteiger partial charge in [-0.05, 0) is 36.8 Å². The molecule has 1 N–H and O–H groups in total. The van der Waals surface area contributed by atoms with Gasteiger partial charge >= 0.3 is 6.03 Å². The number of hydrogen-bond donors (Lipinski definition) is 1. The molecule has 0 unspecified atom stereocenters. The van der Waals surface area contributed by atoms with E-state index in [-0.39, 0.29) is 4.90 Å². The van der Waals surface area contributed by atoms with Crippen LogP contribution in [0.5, 0.6) is 5.75 Å². The highest BCUT2D eigenvalue weighted by molar-refractivity contribution is 7.89. The molecule has 1 atom stereocenters. The summed E-state index contributed by atoms with van der Waals surface area (Å²) >= 11 is 0. The first kappa shape index (κ1) is 17.0. The lowest BCUT2D eigenvalue weighted by Crippen LogP contribution is -2.47. The minimum atomic E-state index is -4.26. The van der Waals surface area contributed by atoms with Crippen molar-refractivity contribution in [3.05, 3.63) is 60.2 Å². The van der Waals surface area contributed by atoms with Gasteiger partial charge in [0.15, 0.2) is 5.54 Å². The van der Waals surface area contributed by atoms with Crippen LogP contribution in [0, 0.1) is 0 Å². The molecule has 0 bridgehead atoms. The zero-order chi connectivity index (χ0) is 18.2. The third-order valence-electron chi connectivity index (χ3n) is 4.19. The second-order valence-electron chi connectivity index (χ2n) is 5.64. The average Bonchev–Trinajstić information content (AvgIpc) is 2.86. The first-order valence-corrected chi connectivity index (χ1v) is 8.86. The molecule has 2 aromatic rings. The molecule has 3 rings (SSSR count). The molecule has 25 heavy (non-hydrogen) atoms. The largest absolute Gasteiger partial charge is 0.497 e. The van der Waals surface area contributed by atoms with E-state index in [1.165, 1.54) is 38.3 Å². The summed E-state index contributed by atoms with van der Waals surface area (Å²) < 4.78 is 31.7. The van der Waals surface area contributed by atoms with Crippen LogP contribution in [0.15, 0.2) is 59.5 Å². The fourth-order valence-corrected chi connectivity index (χ4v) is 4.40. The number of nitrogens with one attached hydrogen (secondary N) is 1. The van der Waals surface area contributed by atoms with Crippen molar-refractivity contribution < 1.29 is 22.7 Å². The summed E-state index contributed by atoms with van der Waals surface area (Å²) in [6.45, 7) is 1.41. The fourth-order valence-electron chi connectivity index (χ4n) is 2.78. The topological polar surface area (TPSA) is 92.8 Å². The zero-order valence-corrected chi connectivity index (χ0v) is 14.4. The highest BCUT2D eigenvalue weighted by Crippen LogP contribution is 2.37. The Hall–Kier alpha value is -2.87. The van der Waals surface area contributed by atoms with E-state index in [2.05, 4.69) is 5.32 Å². The molecule has 1 heterocycles. The molecule has 130 valence electrons. The summed E-state index contributed by atoms with van der Waals surface area (Å²) in [5.74, 6) is -0.215. The molecule has 0 radical (unpaired) electrons. The van der Waals surface area contributed by atoms with Gasteiger partial charge in [0, 0.05) is 0 Å². The monoisotopic (exact) mass is 360 g/mol. The number of imide groups is 1. The van der Waals surface area contributed by atoms with Gasteiger partial charge < -0.3 is 4.74 Å². The van der Waals surface area contributed by atoms with Crippen LogP contribution in [0.1, 0.15) is 12.5 Å². The predicted molar refractivity (Wildman–Crippen MR) is 89.4 cm³/mol. The number of amides is 3. The average molecular weight is 360 g/mol. The van der Waals surface area contributed by atoms with Crippen molar-refractivity contribution in [3.63, 3.8) is 0 Å². The Kier molecular flexibility index (Phi) is 4.00. The number of carbonyl (C=O) groups is 2. The van der Waals surface area contributed by atoms with Crippen LogP contribution < -0.4 is 10.1 Å². The highest BCUT2D eigenvalue weighted by Gasteiger charge is 2.56. The lowest BCUT2D eigenvalue weighted by molar-refractivity contribution is -0.125. The summed E-state index contributed by atoms with van der Waals surface area (Å²) in [6, 6.07) is 12.9. The second-order valence-corrected chi connectivity index (χ2v) is 7.43. The second kappa shape index (κ2) is 5.89. The molecule has 1 fully saturated rings. The molecule has 1 aliphatic heterocycles. The van der Waals surface area contributed by atoms with Crippen LogP contribution in [0.2, 0.25) is 0 Å². The van der Waals surface area contributed by atoms with E-state index in [0.29, 0.717) is 15.6 Å². The number of benzene rings is 2. The number of urea groups is 1. The van der Waals surface area contributed by atoms with Gasteiger partial charge in [-0.15, -0.1) is 0 Å². The number of methoxy groups -OCH3 is 1. The van der Waals surface area contributed by atoms with Crippen LogP contribution in [0.3, 0.4) is 0 Å². The van der Waals surface area contributed by atoms with Gasteiger partial charge in [0.1, 0.15) is 5.75 Å². The van der Waals surface area contributed by atoms with Gasteiger partial charge in [0.05, 0.1) is 12.0 Å². The number of rotatable bonds is 4.